The van der Waals surface area contributed by atoms with E-state index in [0.717, 1.165) is 23.8 Å². The lowest BCUT2D eigenvalue weighted by molar-refractivity contribution is 0.265. The Bertz CT molecular complexity index is 497. The van der Waals surface area contributed by atoms with Crippen molar-refractivity contribution in [3.63, 3.8) is 0 Å². The summed E-state index contributed by atoms with van der Waals surface area (Å²) in [5.41, 5.74) is 2.42. The van der Waals surface area contributed by atoms with Crippen LogP contribution in [0, 0.1) is 13.8 Å². The molecule has 1 aromatic carbocycles. The van der Waals surface area contributed by atoms with E-state index in [1.54, 1.807) is 0 Å². The van der Waals surface area contributed by atoms with Gasteiger partial charge in [-0.25, -0.2) is 0 Å². The van der Waals surface area contributed by atoms with Crippen molar-refractivity contribution in [3.8, 4) is 5.75 Å². The fraction of sp³-hybridized carbons (Fsp3) is 0.333. The zero-order valence-electron chi connectivity index (χ0n) is 11.1. The molecule has 3 nitrogen and oxygen atoms in total. The molecule has 1 aromatic heterocycles. The number of hydrogen-bond donors (Lipinski definition) is 1. The van der Waals surface area contributed by atoms with Crippen LogP contribution in [0.15, 0.2) is 34.7 Å². The van der Waals surface area contributed by atoms with Gasteiger partial charge in [0.1, 0.15) is 23.9 Å². The van der Waals surface area contributed by atoms with Crippen molar-refractivity contribution in [2.75, 3.05) is 7.05 Å². The third-order valence-corrected chi connectivity index (χ3v) is 2.64. The van der Waals surface area contributed by atoms with Crippen molar-refractivity contribution in [2.24, 2.45) is 0 Å². The van der Waals surface area contributed by atoms with Gasteiger partial charge in [0.05, 0.1) is 6.54 Å². The van der Waals surface area contributed by atoms with E-state index >= 15 is 0 Å². The van der Waals surface area contributed by atoms with Gasteiger partial charge in [-0.1, -0.05) is 6.07 Å². The Morgan fingerprint density at radius 3 is 2.39 bits per heavy atom. The number of nitrogens with one attached hydrogen (secondary N) is 1. The molecule has 3 heteroatoms. The summed E-state index contributed by atoms with van der Waals surface area (Å²) >= 11 is 0. The largest absolute Gasteiger partial charge is 0.486 e. The Labute approximate surface area is 108 Å². The van der Waals surface area contributed by atoms with Gasteiger partial charge in [-0.2, -0.15) is 0 Å². The molecular formula is C15H19NO2. The second-order valence-corrected chi connectivity index (χ2v) is 4.51. The highest BCUT2D eigenvalue weighted by atomic mass is 16.5. The molecule has 0 unspecified atom stereocenters. The van der Waals surface area contributed by atoms with Crippen LogP contribution in [0.2, 0.25) is 0 Å². The first-order valence-corrected chi connectivity index (χ1v) is 6.10. The summed E-state index contributed by atoms with van der Waals surface area (Å²) in [5, 5.41) is 3.05. The van der Waals surface area contributed by atoms with E-state index in [1.807, 2.05) is 31.3 Å². The predicted octanol–water partition coefficient (Wildman–Crippen LogP) is 3.19. The van der Waals surface area contributed by atoms with Gasteiger partial charge in [-0.15, -0.1) is 0 Å². The summed E-state index contributed by atoms with van der Waals surface area (Å²) in [6.07, 6.45) is 0. The Morgan fingerprint density at radius 2 is 1.72 bits per heavy atom. The average Bonchev–Trinajstić information content (AvgIpc) is 2.74. The van der Waals surface area contributed by atoms with Gasteiger partial charge in [0, 0.05) is 0 Å². The fourth-order valence-corrected chi connectivity index (χ4v) is 1.94. The van der Waals surface area contributed by atoms with Gasteiger partial charge >= 0.3 is 0 Å². The maximum absolute atomic E-state index is 5.73. The summed E-state index contributed by atoms with van der Waals surface area (Å²) in [7, 11) is 1.90. The summed E-state index contributed by atoms with van der Waals surface area (Å²) in [6.45, 7) is 5.34. The SMILES string of the molecule is CNCc1ccc(COc2cc(C)cc(C)c2)o1. The number of aryl methyl sites for hydroxylation is 2. The maximum Gasteiger partial charge on any atom is 0.146 e. The van der Waals surface area contributed by atoms with Crippen LogP contribution in [0.1, 0.15) is 22.6 Å². The molecule has 2 rings (SSSR count). The van der Waals surface area contributed by atoms with Crippen LogP contribution in [-0.4, -0.2) is 7.05 Å². The average molecular weight is 245 g/mol. The minimum atomic E-state index is 0.465. The monoisotopic (exact) mass is 245 g/mol. The first kappa shape index (κ1) is 12.7. The first-order chi connectivity index (χ1) is 8.67. The Hall–Kier alpha value is -1.74. The Morgan fingerprint density at radius 1 is 1.06 bits per heavy atom. The summed E-state index contributed by atoms with van der Waals surface area (Å²) in [5.74, 6) is 2.66. The molecule has 96 valence electrons. The molecule has 18 heavy (non-hydrogen) atoms. The van der Waals surface area contributed by atoms with Crippen LogP contribution in [0.4, 0.5) is 0 Å². The molecule has 0 amide bonds. The minimum absolute atomic E-state index is 0.465. The molecule has 0 spiro atoms. The number of furan rings is 1. The van der Waals surface area contributed by atoms with E-state index in [1.165, 1.54) is 11.1 Å². The van der Waals surface area contributed by atoms with Gasteiger partial charge < -0.3 is 14.5 Å². The van der Waals surface area contributed by atoms with Crippen LogP contribution in [-0.2, 0) is 13.2 Å². The third-order valence-electron chi connectivity index (χ3n) is 2.64. The van der Waals surface area contributed by atoms with Crippen molar-refractivity contribution in [3.05, 3.63) is 53.0 Å². The summed E-state index contributed by atoms with van der Waals surface area (Å²) in [4.78, 5) is 0. The lowest BCUT2D eigenvalue weighted by atomic mass is 10.1. The molecule has 0 atom stereocenters. The second-order valence-electron chi connectivity index (χ2n) is 4.51. The quantitative estimate of drug-likeness (QED) is 0.878. The molecule has 2 aromatic rings. The summed E-state index contributed by atoms with van der Waals surface area (Å²) in [6, 6.07) is 10.1. The highest BCUT2D eigenvalue weighted by Crippen LogP contribution is 2.18. The van der Waals surface area contributed by atoms with E-state index < -0.39 is 0 Å². The smallest absolute Gasteiger partial charge is 0.146 e. The molecule has 0 aliphatic carbocycles. The van der Waals surface area contributed by atoms with Crippen molar-refractivity contribution in [1.82, 2.24) is 5.32 Å². The predicted molar refractivity (Wildman–Crippen MR) is 71.7 cm³/mol. The molecule has 0 radical (unpaired) electrons. The van der Waals surface area contributed by atoms with Gasteiger partial charge in [0.2, 0.25) is 0 Å². The molecule has 0 saturated heterocycles. The van der Waals surface area contributed by atoms with Crippen LogP contribution in [0.5, 0.6) is 5.75 Å². The number of rotatable bonds is 5. The number of ether oxygens (including phenoxy) is 1. The van der Waals surface area contributed by atoms with Crippen LogP contribution in [0.25, 0.3) is 0 Å². The first-order valence-electron chi connectivity index (χ1n) is 6.10. The lowest BCUT2D eigenvalue weighted by Crippen LogP contribution is -2.03. The molecule has 1 N–H and O–H groups in total. The number of benzene rings is 1. The molecule has 0 aliphatic rings. The van der Waals surface area contributed by atoms with E-state index in [0.29, 0.717) is 6.61 Å². The second kappa shape index (κ2) is 5.74. The lowest BCUT2D eigenvalue weighted by Gasteiger charge is -2.06. The summed E-state index contributed by atoms with van der Waals surface area (Å²) < 4.78 is 11.3. The van der Waals surface area contributed by atoms with E-state index in [-0.39, 0.29) is 0 Å². The van der Waals surface area contributed by atoms with Gasteiger partial charge in [-0.3, -0.25) is 0 Å². The zero-order valence-corrected chi connectivity index (χ0v) is 11.1. The number of hydrogen-bond acceptors (Lipinski definition) is 3. The zero-order chi connectivity index (χ0) is 13.0. The van der Waals surface area contributed by atoms with Crippen LogP contribution in [0.3, 0.4) is 0 Å². The fourth-order valence-electron chi connectivity index (χ4n) is 1.94. The van der Waals surface area contributed by atoms with E-state index in [2.05, 4.69) is 25.2 Å². The van der Waals surface area contributed by atoms with E-state index in [9.17, 15) is 0 Å². The normalized spacial score (nSPS) is 10.6. The van der Waals surface area contributed by atoms with Gasteiger partial charge in [0.15, 0.2) is 0 Å². The van der Waals surface area contributed by atoms with Crippen LogP contribution >= 0.6 is 0 Å². The molecule has 0 fully saturated rings. The minimum Gasteiger partial charge on any atom is -0.486 e. The van der Waals surface area contributed by atoms with E-state index in [4.69, 9.17) is 9.15 Å². The molecule has 1 heterocycles. The Kier molecular flexibility index (Phi) is 4.05. The van der Waals surface area contributed by atoms with Crippen molar-refractivity contribution in [2.45, 2.75) is 27.0 Å². The standard InChI is InChI=1S/C15H19NO2/c1-11-6-12(2)8-15(7-11)17-10-14-5-4-13(18-14)9-16-3/h4-8,16H,9-10H2,1-3H3. The van der Waals surface area contributed by atoms with Crippen molar-refractivity contribution >= 4 is 0 Å². The van der Waals surface area contributed by atoms with Gasteiger partial charge in [0.25, 0.3) is 0 Å². The maximum atomic E-state index is 5.73. The molecule has 0 aliphatic heterocycles. The molecular weight excluding hydrogens is 226 g/mol. The van der Waals surface area contributed by atoms with Crippen molar-refractivity contribution < 1.29 is 9.15 Å². The topological polar surface area (TPSA) is 34.4 Å². The molecule has 0 saturated carbocycles. The molecule has 0 bridgehead atoms. The third kappa shape index (κ3) is 3.37. The highest BCUT2D eigenvalue weighted by molar-refractivity contribution is 5.33. The van der Waals surface area contributed by atoms with Crippen LogP contribution < -0.4 is 10.1 Å². The Balaban J connectivity index is 1.97. The highest BCUT2D eigenvalue weighted by Gasteiger charge is 2.03. The van der Waals surface area contributed by atoms with Crippen molar-refractivity contribution in [1.29, 1.82) is 0 Å². The van der Waals surface area contributed by atoms with Gasteiger partial charge in [-0.05, 0) is 56.3 Å².